The Kier molecular flexibility index (Phi) is 2.96. The number of aromatic amines is 1. The van der Waals surface area contributed by atoms with Gasteiger partial charge in [-0.15, -0.1) is 0 Å². The van der Waals surface area contributed by atoms with Gasteiger partial charge < -0.3 is 20.9 Å². The van der Waals surface area contributed by atoms with Crippen molar-refractivity contribution in [2.24, 2.45) is 5.73 Å². The molecule has 1 aromatic heterocycles. The third-order valence-electron chi connectivity index (χ3n) is 2.92. The molecule has 0 saturated heterocycles. The Bertz CT molecular complexity index is 596. The van der Waals surface area contributed by atoms with Gasteiger partial charge in [0.05, 0.1) is 0 Å². The molecule has 0 saturated carbocycles. The lowest BCUT2D eigenvalue weighted by Crippen LogP contribution is -2.52. The fourth-order valence-electron chi connectivity index (χ4n) is 1.83. The molecule has 1 heterocycles. The van der Waals surface area contributed by atoms with Crippen molar-refractivity contribution in [3.63, 3.8) is 0 Å². The number of aromatic nitrogens is 1. The Balaban J connectivity index is 2.43. The minimum Gasteiger partial charge on any atom is -0.508 e. The maximum absolute atomic E-state index is 12.8. The zero-order valence-corrected chi connectivity index (χ0v) is 9.48. The first-order valence-electron chi connectivity index (χ1n) is 5.33. The number of nitrogens with one attached hydrogen (secondary N) is 1. The van der Waals surface area contributed by atoms with Gasteiger partial charge in [0.25, 0.3) is 0 Å². The number of phenolic OH excluding ortho intramolecular Hbond substituents is 1. The third kappa shape index (κ3) is 2.02. The van der Waals surface area contributed by atoms with E-state index in [1.54, 1.807) is 12.3 Å². The van der Waals surface area contributed by atoms with Crippen molar-refractivity contribution in [3.8, 4) is 5.75 Å². The number of aromatic hydroxyl groups is 1. The summed E-state index contributed by atoms with van der Waals surface area (Å²) in [6.07, 6.45) is 1.42. The molecule has 5 N–H and O–H groups in total. The van der Waals surface area contributed by atoms with Crippen LogP contribution in [0.25, 0.3) is 10.9 Å². The van der Waals surface area contributed by atoms with Crippen LogP contribution < -0.4 is 5.73 Å². The number of alkyl halides is 1. The van der Waals surface area contributed by atoms with Crippen LogP contribution >= 0.6 is 0 Å². The second kappa shape index (κ2) is 4.30. The Labute approximate surface area is 102 Å². The van der Waals surface area contributed by atoms with Crippen LogP contribution in [0.4, 0.5) is 4.39 Å². The quantitative estimate of drug-likeness (QED) is 0.656. The summed E-state index contributed by atoms with van der Waals surface area (Å²) in [6.45, 7) is -1.16. The van der Waals surface area contributed by atoms with E-state index >= 15 is 0 Å². The van der Waals surface area contributed by atoms with Gasteiger partial charge in [-0.05, 0) is 23.8 Å². The molecule has 0 amide bonds. The number of carboxylic acid groups (broad SMARTS) is 1. The highest BCUT2D eigenvalue weighted by Crippen LogP contribution is 2.25. The molecule has 5 nitrogen and oxygen atoms in total. The highest BCUT2D eigenvalue weighted by molar-refractivity contribution is 5.86. The topological polar surface area (TPSA) is 99.3 Å². The molecule has 0 aliphatic carbocycles. The molecule has 2 rings (SSSR count). The molecule has 0 unspecified atom stereocenters. The second-order valence-corrected chi connectivity index (χ2v) is 4.32. The molecule has 96 valence electrons. The minimum atomic E-state index is -1.94. The van der Waals surface area contributed by atoms with Crippen LogP contribution in [0.15, 0.2) is 24.4 Å². The van der Waals surface area contributed by atoms with Gasteiger partial charge in [0.2, 0.25) is 0 Å². The molecule has 0 aliphatic rings. The first-order chi connectivity index (χ1) is 8.46. The predicted octanol–water partition coefficient (Wildman–Crippen LogP) is 1.17. The fourth-order valence-corrected chi connectivity index (χ4v) is 1.83. The fraction of sp³-hybridized carbons (Fsp3) is 0.250. The van der Waals surface area contributed by atoms with Gasteiger partial charge in [-0.3, -0.25) is 4.79 Å². The summed E-state index contributed by atoms with van der Waals surface area (Å²) in [5.41, 5.74) is 4.86. The van der Waals surface area contributed by atoms with E-state index in [2.05, 4.69) is 4.98 Å². The summed E-state index contributed by atoms with van der Waals surface area (Å²) >= 11 is 0. The number of carbonyl (C=O) groups is 1. The summed E-state index contributed by atoms with van der Waals surface area (Å²) in [7, 11) is 0. The Morgan fingerprint density at radius 2 is 2.22 bits per heavy atom. The number of carboxylic acids is 1. The summed E-state index contributed by atoms with van der Waals surface area (Å²) in [6, 6.07) is 4.65. The zero-order valence-electron chi connectivity index (χ0n) is 9.48. The maximum atomic E-state index is 12.8. The monoisotopic (exact) mass is 252 g/mol. The third-order valence-corrected chi connectivity index (χ3v) is 2.92. The van der Waals surface area contributed by atoms with Crippen molar-refractivity contribution < 1.29 is 19.4 Å². The molecule has 6 heteroatoms. The number of fused-ring (bicyclic) bond motifs is 1. The molecule has 1 aromatic carbocycles. The summed E-state index contributed by atoms with van der Waals surface area (Å²) in [4.78, 5) is 13.9. The van der Waals surface area contributed by atoms with Gasteiger partial charge in [0.1, 0.15) is 18.0 Å². The smallest absolute Gasteiger partial charge is 0.326 e. The van der Waals surface area contributed by atoms with Crippen molar-refractivity contribution in [1.82, 2.24) is 4.98 Å². The van der Waals surface area contributed by atoms with Gasteiger partial charge in [-0.25, -0.2) is 4.39 Å². The minimum absolute atomic E-state index is 0.0570. The van der Waals surface area contributed by atoms with E-state index in [9.17, 15) is 14.3 Å². The molecule has 0 bridgehead atoms. The van der Waals surface area contributed by atoms with Gasteiger partial charge >= 0.3 is 5.97 Å². The van der Waals surface area contributed by atoms with Gasteiger partial charge in [-0.2, -0.15) is 0 Å². The number of aliphatic carboxylic acids is 1. The van der Waals surface area contributed by atoms with Crippen LogP contribution in [-0.4, -0.2) is 33.4 Å². The van der Waals surface area contributed by atoms with Crippen LogP contribution in [-0.2, 0) is 11.2 Å². The molecular formula is C12H13FN2O3. The predicted molar refractivity (Wildman–Crippen MR) is 64.2 cm³/mol. The molecule has 1 atom stereocenters. The number of hydrogen-bond acceptors (Lipinski definition) is 3. The molecule has 2 aromatic rings. The maximum Gasteiger partial charge on any atom is 0.326 e. The Hall–Kier alpha value is -2.08. The first kappa shape index (κ1) is 12.4. The average Bonchev–Trinajstić information content (AvgIpc) is 2.71. The highest BCUT2D eigenvalue weighted by Gasteiger charge is 2.35. The molecule has 0 spiro atoms. The number of benzene rings is 1. The molecule has 18 heavy (non-hydrogen) atoms. The van der Waals surface area contributed by atoms with Crippen LogP contribution in [0.5, 0.6) is 5.75 Å². The molecule has 0 aliphatic heterocycles. The van der Waals surface area contributed by atoms with Crippen molar-refractivity contribution in [2.75, 3.05) is 6.67 Å². The number of hydrogen-bond donors (Lipinski definition) is 4. The average molecular weight is 252 g/mol. The van der Waals surface area contributed by atoms with Gasteiger partial charge in [-0.1, -0.05) is 0 Å². The number of halogens is 1. The number of nitrogens with two attached hydrogens (primary N) is 1. The Morgan fingerprint density at radius 1 is 1.50 bits per heavy atom. The van der Waals surface area contributed by atoms with Gasteiger partial charge in [0, 0.05) is 23.5 Å². The second-order valence-electron chi connectivity index (χ2n) is 4.32. The van der Waals surface area contributed by atoms with E-state index in [4.69, 9.17) is 10.8 Å². The summed E-state index contributed by atoms with van der Waals surface area (Å²) < 4.78 is 12.8. The van der Waals surface area contributed by atoms with Gasteiger partial charge in [0.15, 0.2) is 0 Å². The van der Waals surface area contributed by atoms with Crippen molar-refractivity contribution >= 4 is 16.9 Å². The lowest BCUT2D eigenvalue weighted by atomic mass is 9.93. The molecular weight excluding hydrogens is 239 g/mol. The van der Waals surface area contributed by atoms with Crippen LogP contribution in [0, 0.1) is 0 Å². The summed E-state index contributed by atoms with van der Waals surface area (Å²) in [5.74, 6) is -1.33. The zero-order chi connectivity index (χ0) is 13.3. The summed E-state index contributed by atoms with van der Waals surface area (Å²) in [5, 5.41) is 19.0. The van der Waals surface area contributed by atoms with E-state index in [0.717, 1.165) is 5.52 Å². The van der Waals surface area contributed by atoms with Crippen LogP contribution in [0.2, 0.25) is 0 Å². The normalized spacial score (nSPS) is 14.6. The lowest BCUT2D eigenvalue weighted by Gasteiger charge is -2.20. The van der Waals surface area contributed by atoms with Crippen molar-refractivity contribution in [2.45, 2.75) is 12.0 Å². The van der Waals surface area contributed by atoms with Crippen LogP contribution in [0.1, 0.15) is 5.56 Å². The highest BCUT2D eigenvalue weighted by atomic mass is 19.1. The van der Waals surface area contributed by atoms with E-state index in [1.807, 2.05) is 0 Å². The van der Waals surface area contributed by atoms with E-state index in [1.165, 1.54) is 12.1 Å². The molecule has 0 fully saturated rings. The largest absolute Gasteiger partial charge is 0.508 e. The first-order valence-corrected chi connectivity index (χ1v) is 5.33. The van der Waals surface area contributed by atoms with Crippen LogP contribution in [0.3, 0.4) is 0 Å². The van der Waals surface area contributed by atoms with E-state index < -0.39 is 18.2 Å². The molecule has 0 radical (unpaired) electrons. The van der Waals surface area contributed by atoms with Crippen molar-refractivity contribution in [3.05, 3.63) is 30.0 Å². The lowest BCUT2D eigenvalue weighted by molar-refractivity contribution is -0.143. The number of phenols is 1. The number of H-pyrrole nitrogens is 1. The van der Waals surface area contributed by atoms with E-state index in [-0.39, 0.29) is 12.2 Å². The van der Waals surface area contributed by atoms with E-state index in [0.29, 0.717) is 10.9 Å². The Morgan fingerprint density at radius 3 is 2.83 bits per heavy atom. The number of rotatable bonds is 4. The van der Waals surface area contributed by atoms with Crippen molar-refractivity contribution in [1.29, 1.82) is 0 Å². The standard InChI is InChI=1S/C12H13FN2O3/c13-6-12(14,11(17)18)4-7-5-15-10-2-1-8(16)3-9(7)10/h1-3,5,15-16H,4,6,14H2,(H,17,18)/t12-/m0/s1. The SMILES string of the molecule is N[C@](CF)(Cc1c[nH]c2ccc(O)cc12)C(=O)O.